The quantitative estimate of drug-likeness (QED) is 0.899. The molecule has 1 aromatic rings. The van der Waals surface area contributed by atoms with E-state index in [1.807, 2.05) is 0 Å². The van der Waals surface area contributed by atoms with Crippen LogP contribution in [-0.2, 0) is 10.0 Å². The van der Waals surface area contributed by atoms with Crippen LogP contribution in [0.2, 0.25) is 0 Å². The third kappa shape index (κ3) is 3.10. The van der Waals surface area contributed by atoms with Crippen molar-refractivity contribution in [3.8, 4) is 5.75 Å². The molecule has 0 aliphatic carbocycles. The van der Waals surface area contributed by atoms with Gasteiger partial charge in [0.15, 0.2) is 0 Å². The van der Waals surface area contributed by atoms with Crippen LogP contribution in [0.15, 0.2) is 27.6 Å². The van der Waals surface area contributed by atoms with E-state index in [1.165, 1.54) is 17.5 Å². The fraction of sp³-hybridized carbons (Fsp3) is 0.500. The van der Waals surface area contributed by atoms with Crippen LogP contribution in [0.3, 0.4) is 0 Å². The monoisotopic (exact) mass is 349 g/mol. The number of methoxy groups -OCH3 is 1. The number of hydrogen-bond acceptors (Lipinski definition) is 4. The van der Waals surface area contributed by atoms with Crippen LogP contribution in [0, 0.1) is 0 Å². The van der Waals surface area contributed by atoms with Crippen molar-refractivity contribution in [3.05, 3.63) is 22.7 Å². The molecule has 1 fully saturated rings. The molecule has 1 aliphatic rings. The molecule has 1 aliphatic heterocycles. The molecule has 1 atom stereocenters. The zero-order valence-corrected chi connectivity index (χ0v) is 12.9. The van der Waals surface area contributed by atoms with Gasteiger partial charge in [0.25, 0.3) is 0 Å². The van der Waals surface area contributed by atoms with Gasteiger partial charge in [0.2, 0.25) is 10.0 Å². The Hall–Kier alpha value is -0.630. The molecule has 106 valence electrons. The van der Waals surface area contributed by atoms with Gasteiger partial charge < -0.3 is 9.84 Å². The molecule has 0 bridgehead atoms. The Labute approximate surface area is 121 Å². The number of nitrogens with zero attached hydrogens (tertiary/aromatic N) is 1. The van der Waals surface area contributed by atoms with Crippen molar-refractivity contribution in [1.82, 2.24) is 4.31 Å². The summed E-state index contributed by atoms with van der Waals surface area (Å²) >= 11 is 3.27. The average Bonchev–Trinajstić information content (AvgIpc) is 2.38. The maximum atomic E-state index is 12.6. The van der Waals surface area contributed by atoms with Gasteiger partial charge >= 0.3 is 0 Å². The molecule has 0 unspecified atom stereocenters. The third-order valence-corrected chi connectivity index (χ3v) is 5.48. The highest BCUT2D eigenvalue weighted by Gasteiger charge is 2.31. The average molecular weight is 350 g/mol. The van der Waals surface area contributed by atoms with Crippen molar-refractivity contribution < 1.29 is 18.3 Å². The zero-order valence-electron chi connectivity index (χ0n) is 10.5. The standard InChI is InChI=1S/C12H16BrNO4S/c1-18-11-5-4-9(13)7-12(11)19(16,17)14-6-2-3-10(15)8-14/h4-5,7,10,15H,2-3,6,8H2,1H3/t10-/m0/s1. The van der Waals surface area contributed by atoms with E-state index in [-0.39, 0.29) is 11.4 Å². The second-order valence-corrected chi connectivity index (χ2v) is 7.28. The van der Waals surface area contributed by atoms with Gasteiger partial charge in [0.05, 0.1) is 13.2 Å². The molecule has 0 saturated carbocycles. The fourth-order valence-electron chi connectivity index (χ4n) is 2.13. The van der Waals surface area contributed by atoms with E-state index in [9.17, 15) is 13.5 Å². The highest BCUT2D eigenvalue weighted by Crippen LogP contribution is 2.31. The van der Waals surface area contributed by atoms with Gasteiger partial charge in [-0.3, -0.25) is 0 Å². The van der Waals surface area contributed by atoms with E-state index < -0.39 is 16.1 Å². The van der Waals surface area contributed by atoms with Crippen LogP contribution in [0.25, 0.3) is 0 Å². The Morgan fingerprint density at radius 2 is 2.21 bits per heavy atom. The number of β-amino-alcohol motifs (C(OH)–C–C–N with tert-alkyl or cyclic N) is 1. The lowest BCUT2D eigenvalue weighted by Crippen LogP contribution is -2.42. The first-order valence-electron chi connectivity index (χ1n) is 5.97. The molecule has 0 radical (unpaired) electrons. The minimum atomic E-state index is -3.64. The Kier molecular flexibility index (Phi) is 4.50. The predicted molar refractivity (Wildman–Crippen MR) is 74.7 cm³/mol. The SMILES string of the molecule is COc1ccc(Br)cc1S(=O)(=O)N1CCC[C@H](O)C1. The van der Waals surface area contributed by atoms with Gasteiger partial charge in [-0.25, -0.2) is 8.42 Å². The van der Waals surface area contributed by atoms with Crippen molar-refractivity contribution in [2.24, 2.45) is 0 Å². The summed E-state index contributed by atoms with van der Waals surface area (Å²) in [5.41, 5.74) is 0. The van der Waals surface area contributed by atoms with Gasteiger partial charge in [-0.15, -0.1) is 0 Å². The number of rotatable bonds is 3. The molecule has 0 amide bonds. The van der Waals surface area contributed by atoms with Gasteiger partial charge in [0, 0.05) is 17.6 Å². The second kappa shape index (κ2) is 5.78. The summed E-state index contributed by atoms with van der Waals surface area (Å²) in [6.07, 6.45) is 0.708. The van der Waals surface area contributed by atoms with Gasteiger partial charge in [0.1, 0.15) is 10.6 Å². The Morgan fingerprint density at radius 1 is 1.47 bits per heavy atom. The number of aliphatic hydroxyl groups is 1. The largest absolute Gasteiger partial charge is 0.495 e. The van der Waals surface area contributed by atoms with Crippen LogP contribution < -0.4 is 4.74 Å². The van der Waals surface area contributed by atoms with Crippen LogP contribution in [0.4, 0.5) is 0 Å². The minimum Gasteiger partial charge on any atom is -0.495 e. The summed E-state index contributed by atoms with van der Waals surface area (Å²) in [7, 11) is -2.20. The van der Waals surface area contributed by atoms with E-state index in [0.29, 0.717) is 29.6 Å². The lowest BCUT2D eigenvalue weighted by molar-refractivity contribution is 0.108. The molecule has 0 aromatic heterocycles. The van der Waals surface area contributed by atoms with Crippen molar-refractivity contribution >= 4 is 26.0 Å². The van der Waals surface area contributed by atoms with E-state index in [4.69, 9.17) is 4.74 Å². The second-order valence-electron chi connectivity index (χ2n) is 4.45. The summed E-state index contributed by atoms with van der Waals surface area (Å²) < 4.78 is 32.3. The molecular formula is C12H16BrNO4S. The summed E-state index contributed by atoms with van der Waals surface area (Å²) in [6, 6.07) is 4.86. The zero-order chi connectivity index (χ0) is 14.0. The third-order valence-electron chi connectivity index (χ3n) is 3.10. The number of hydrogen-bond donors (Lipinski definition) is 1. The molecule has 2 rings (SSSR count). The number of ether oxygens (including phenoxy) is 1. The molecule has 1 N–H and O–H groups in total. The molecule has 19 heavy (non-hydrogen) atoms. The number of aliphatic hydroxyl groups excluding tert-OH is 1. The predicted octanol–water partition coefficient (Wildman–Crippen LogP) is 1.60. The van der Waals surface area contributed by atoms with Crippen molar-refractivity contribution in [1.29, 1.82) is 0 Å². The normalized spacial score (nSPS) is 21.3. The molecule has 1 heterocycles. The van der Waals surface area contributed by atoms with Gasteiger partial charge in [-0.2, -0.15) is 4.31 Å². The van der Waals surface area contributed by atoms with E-state index in [1.54, 1.807) is 12.1 Å². The first-order chi connectivity index (χ1) is 8.95. The summed E-state index contributed by atoms with van der Waals surface area (Å²) in [5, 5.41) is 9.62. The Morgan fingerprint density at radius 3 is 2.84 bits per heavy atom. The minimum absolute atomic E-state index is 0.124. The molecule has 1 saturated heterocycles. The summed E-state index contributed by atoms with van der Waals surface area (Å²) in [6.45, 7) is 0.563. The molecule has 0 spiro atoms. The van der Waals surface area contributed by atoms with Crippen molar-refractivity contribution in [2.45, 2.75) is 23.8 Å². The maximum Gasteiger partial charge on any atom is 0.246 e. The smallest absolute Gasteiger partial charge is 0.246 e. The molecular weight excluding hydrogens is 334 g/mol. The van der Waals surface area contributed by atoms with Gasteiger partial charge in [-0.05, 0) is 31.0 Å². The lowest BCUT2D eigenvalue weighted by atomic mass is 10.1. The van der Waals surface area contributed by atoms with Crippen LogP contribution in [0.5, 0.6) is 5.75 Å². The number of benzene rings is 1. The van der Waals surface area contributed by atoms with Crippen LogP contribution in [0.1, 0.15) is 12.8 Å². The number of sulfonamides is 1. The van der Waals surface area contributed by atoms with Crippen molar-refractivity contribution in [2.75, 3.05) is 20.2 Å². The topological polar surface area (TPSA) is 66.8 Å². The van der Waals surface area contributed by atoms with Gasteiger partial charge in [-0.1, -0.05) is 15.9 Å². The highest BCUT2D eigenvalue weighted by molar-refractivity contribution is 9.10. The van der Waals surface area contributed by atoms with Crippen LogP contribution in [-0.4, -0.2) is 44.1 Å². The molecule has 1 aromatic carbocycles. The lowest BCUT2D eigenvalue weighted by Gasteiger charge is -2.29. The van der Waals surface area contributed by atoms with E-state index in [2.05, 4.69) is 15.9 Å². The highest BCUT2D eigenvalue weighted by atomic mass is 79.9. The summed E-state index contributed by atoms with van der Waals surface area (Å²) in [5.74, 6) is 0.309. The first kappa shape index (κ1) is 14.8. The first-order valence-corrected chi connectivity index (χ1v) is 8.20. The number of halogens is 1. The Balaban J connectivity index is 2.41. The number of piperidine rings is 1. The van der Waals surface area contributed by atoms with Crippen molar-refractivity contribution in [3.63, 3.8) is 0 Å². The summed E-state index contributed by atoms with van der Waals surface area (Å²) in [4.78, 5) is 0.124. The molecule has 7 heteroatoms. The Bertz CT molecular complexity index is 561. The maximum absolute atomic E-state index is 12.6. The molecule has 5 nitrogen and oxygen atoms in total. The van der Waals surface area contributed by atoms with E-state index >= 15 is 0 Å². The fourth-order valence-corrected chi connectivity index (χ4v) is 4.34. The van der Waals surface area contributed by atoms with Crippen LogP contribution >= 0.6 is 15.9 Å². The van der Waals surface area contributed by atoms with E-state index in [0.717, 1.165) is 0 Å².